The van der Waals surface area contributed by atoms with Gasteiger partial charge in [0, 0.05) is 44.7 Å². The molecule has 1 aromatic heterocycles. The van der Waals surface area contributed by atoms with Crippen molar-refractivity contribution in [2.24, 2.45) is 0 Å². The molecule has 2 heteroatoms. The van der Waals surface area contributed by atoms with Crippen molar-refractivity contribution in [1.82, 2.24) is 0 Å². The molecule has 11 aromatic carbocycles. The van der Waals surface area contributed by atoms with Gasteiger partial charge in [0.15, 0.2) is 0 Å². The van der Waals surface area contributed by atoms with Crippen LogP contribution in [0.4, 0.5) is 17.1 Å². The van der Waals surface area contributed by atoms with Gasteiger partial charge in [-0.2, -0.15) is 0 Å². The van der Waals surface area contributed by atoms with Crippen LogP contribution in [0.25, 0.3) is 98.1 Å². The van der Waals surface area contributed by atoms with E-state index in [9.17, 15) is 0 Å². The first-order chi connectivity index (χ1) is 29.4. The summed E-state index contributed by atoms with van der Waals surface area (Å²) in [5, 5.41) is 14.5. The Labute approximate surface area is 348 Å². The van der Waals surface area contributed by atoms with Crippen molar-refractivity contribution in [3.8, 4) is 22.3 Å². The fourth-order valence-corrected chi connectivity index (χ4v) is 9.65. The molecule has 0 N–H and O–H groups in total. The van der Waals surface area contributed by atoms with Gasteiger partial charge in [-0.1, -0.05) is 166 Å². The van der Waals surface area contributed by atoms with E-state index in [2.05, 4.69) is 220 Å². The van der Waals surface area contributed by atoms with Gasteiger partial charge in [-0.05, 0) is 119 Å². The highest BCUT2D eigenvalue weighted by Crippen LogP contribution is 2.48. The minimum absolute atomic E-state index is 0.130. The van der Waals surface area contributed by atoms with Crippen molar-refractivity contribution in [3.63, 3.8) is 0 Å². The van der Waals surface area contributed by atoms with Gasteiger partial charge >= 0.3 is 0 Å². The summed E-state index contributed by atoms with van der Waals surface area (Å²) in [6.45, 7) is 6.79. The summed E-state index contributed by atoms with van der Waals surface area (Å²) < 4.78 is 7.08. The standard InChI is InChI=1S/C58H41NO/c1-58(2,3)44-26-22-39(23-27-44)38-18-20-40(21-19-38)52-34-43-14-8-16-50-54(43)55-48(52)15-9-17-51(55)57-56(50)49-31-30-47(35-53(49)60-57)59(45-28-24-36-10-4-6-12-41(36)32-45)46-29-25-37-11-5-7-13-42(37)33-46/h4-35H,1-3H3. The number of nitrogens with zero attached hydrogens (tertiary/aromatic N) is 1. The summed E-state index contributed by atoms with van der Waals surface area (Å²) in [7, 11) is 0. The molecule has 0 fully saturated rings. The number of fused-ring (bicyclic) bond motifs is 7. The van der Waals surface area contributed by atoms with Crippen molar-refractivity contribution >= 4 is 92.9 Å². The smallest absolute Gasteiger partial charge is 0.143 e. The second kappa shape index (κ2) is 13.0. The minimum Gasteiger partial charge on any atom is -0.455 e. The third-order valence-electron chi connectivity index (χ3n) is 12.7. The monoisotopic (exact) mass is 767 g/mol. The number of hydrogen-bond donors (Lipinski definition) is 0. The lowest BCUT2D eigenvalue weighted by atomic mass is 9.86. The molecule has 0 bridgehead atoms. The van der Waals surface area contributed by atoms with Crippen molar-refractivity contribution in [2.75, 3.05) is 4.90 Å². The molecule has 0 saturated carbocycles. The van der Waals surface area contributed by atoms with Crippen LogP contribution in [0.2, 0.25) is 0 Å². The van der Waals surface area contributed by atoms with E-state index < -0.39 is 0 Å². The van der Waals surface area contributed by atoms with E-state index in [0.717, 1.165) is 39.0 Å². The molecule has 0 aliphatic heterocycles. The molecule has 0 aliphatic rings. The second-order valence-electron chi connectivity index (χ2n) is 17.3. The van der Waals surface area contributed by atoms with Gasteiger partial charge in [0.05, 0.1) is 0 Å². The molecule has 0 atom stereocenters. The molecule has 0 saturated heterocycles. The van der Waals surface area contributed by atoms with E-state index in [4.69, 9.17) is 4.42 Å². The van der Waals surface area contributed by atoms with Crippen LogP contribution in [0.5, 0.6) is 0 Å². The van der Waals surface area contributed by atoms with Crippen molar-refractivity contribution in [2.45, 2.75) is 26.2 Å². The van der Waals surface area contributed by atoms with Gasteiger partial charge in [0.2, 0.25) is 0 Å². The van der Waals surface area contributed by atoms with Gasteiger partial charge in [0.25, 0.3) is 0 Å². The number of furan rings is 1. The first-order valence-corrected chi connectivity index (χ1v) is 20.9. The summed E-state index contributed by atoms with van der Waals surface area (Å²) in [4.78, 5) is 2.36. The summed E-state index contributed by atoms with van der Waals surface area (Å²) in [5.41, 5.74) is 11.4. The molecular formula is C58H41NO. The predicted molar refractivity (Wildman–Crippen MR) is 257 cm³/mol. The van der Waals surface area contributed by atoms with Crippen LogP contribution in [-0.2, 0) is 5.41 Å². The van der Waals surface area contributed by atoms with Gasteiger partial charge in [-0.25, -0.2) is 0 Å². The summed E-state index contributed by atoms with van der Waals surface area (Å²) in [6.07, 6.45) is 0. The maximum absolute atomic E-state index is 7.08. The molecule has 0 amide bonds. The van der Waals surface area contributed by atoms with E-state index in [1.807, 2.05) is 0 Å². The van der Waals surface area contributed by atoms with Gasteiger partial charge < -0.3 is 9.32 Å². The first-order valence-electron chi connectivity index (χ1n) is 20.9. The lowest BCUT2D eigenvalue weighted by Gasteiger charge is -2.26. The van der Waals surface area contributed by atoms with Crippen molar-refractivity contribution in [1.29, 1.82) is 0 Å². The number of rotatable bonds is 5. The van der Waals surface area contributed by atoms with Crippen LogP contribution in [0, 0.1) is 0 Å². The van der Waals surface area contributed by atoms with Crippen LogP contribution in [-0.4, -0.2) is 0 Å². The molecule has 2 nitrogen and oxygen atoms in total. The second-order valence-corrected chi connectivity index (χ2v) is 17.3. The fraction of sp³-hybridized carbons (Fsp3) is 0.0690. The van der Waals surface area contributed by atoms with Crippen LogP contribution >= 0.6 is 0 Å². The van der Waals surface area contributed by atoms with Crippen molar-refractivity contribution < 1.29 is 4.42 Å². The largest absolute Gasteiger partial charge is 0.455 e. The highest BCUT2D eigenvalue weighted by atomic mass is 16.3. The number of anilines is 3. The average Bonchev–Trinajstić information content (AvgIpc) is 3.68. The van der Waals surface area contributed by atoms with E-state index in [1.165, 1.54) is 81.7 Å². The number of hydrogen-bond acceptors (Lipinski definition) is 2. The first kappa shape index (κ1) is 34.6. The van der Waals surface area contributed by atoms with Gasteiger partial charge in [-0.3, -0.25) is 0 Å². The Morgan fingerprint density at radius 2 is 0.900 bits per heavy atom. The van der Waals surface area contributed by atoms with Crippen LogP contribution in [0.3, 0.4) is 0 Å². The molecule has 0 radical (unpaired) electrons. The Kier molecular flexibility index (Phi) is 7.52. The zero-order valence-electron chi connectivity index (χ0n) is 33.8. The molecule has 0 spiro atoms. The fourth-order valence-electron chi connectivity index (χ4n) is 9.65. The summed E-state index contributed by atoms with van der Waals surface area (Å²) in [6, 6.07) is 71.3. The summed E-state index contributed by atoms with van der Waals surface area (Å²) >= 11 is 0. The maximum Gasteiger partial charge on any atom is 0.143 e. The van der Waals surface area contributed by atoms with Gasteiger partial charge in [-0.15, -0.1) is 0 Å². The Morgan fingerprint density at radius 1 is 0.367 bits per heavy atom. The molecule has 60 heavy (non-hydrogen) atoms. The quantitative estimate of drug-likeness (QED) is 0.162. The Hall–Kier alpha value is -7.42. The maximum atomic E-state index is 7.08. The average molecular weight is 768 g/mol. The third-order valence-corrected chi connectivity index (χ3v) is 12.7. The highest BCUT2D eigenvalue weighted by Gasteiger charge is 2.22. The molecule has 0 aliphatic carbocycles. The molecule has 1 heterocycles. The predicted octanol–water partition coefficient (Wildman–Crippen LogP) is 16.9. The van der Waals surface area contributed by atoms with E-state index in [1.54, 1.807) is 0 Å². The number of benzene rings is 11. The van der Waals surface area contributed by atoms with E-state index in [0.29, 0.717) is 0 Å². The van der Waals surface area contributed by atoms with Gasteiger partial charge in [0.1, 0.15) is 11.2 Å². The Morgan fingerprint density at radius 3 is 1.57 bits per heavy atom. The molecule has 12 rings (SSSR count). The van der Waals surface area contributed by atoms with Crippen molar-refractivity contribution in [3.05, 3.63) is 200 Å². The molecule has 284 valence electrons. The Balaban J connectivity index is 1.03. The highest BCUT2D eigenvalue weighted by molar-refractivity contribution is 6.38. The van der Waals surface area contributed by atoms with Crippen LogP contribution in [0.15, 0.2) is 199 Å². The Bertz CT molecular complexity index is 3540. The summed E-state index contributed by atoms with van der Waals surface area (Å²) in [5.74, 6) is 0. The third kappa shape index (κ3) is 5.41. The van der Waals surface area contributed by atoms with E-state index >= 15 is 0 Å². The molecule has 0 unspecified atom stereocenters. The zero-order chi connectivity index (χ0) is 40.1. The minimum atomic E-state index is 0.130. The normalized spacial score (nSPS) is 12.2. The van der Waals surface area contributed by atoms with E-state index in [-0.39, 0.29) is 5.41 Å². The lowest BCUT2D eigenvalue weighted by Crippen LogP contribution is -2.10. The van der Waals surface area contributed by atoms with Crippen LogP contribution < -0.4 is 4.90 Å². The SMILES string of the molecule is CC(C)(C)c1ccc(-c2ccc(-c3cc4cccc5c6c7ccc(N(c8ccc9ccccc9c8)c8ccc9ccccc9c8)cc7oc6c6cccc3c6c45)cc2)cc1. The zero-order valence-corrected chi connectivity index (χ0v) is 33.8. The van der Waals surface area contributed by atoms with Crippen LogP contribution in [0.1, 0.15) is 26.3 Å². The molecule has 12 aromatic rings. The molecular weight excluding hydrogens is 727 g/mol. The lowest BCUT2D eigenvalue weighted by molar-refractivity contribution is 0.590. The topological polar surface area (TPSA) is 16.4 Å².